The molecule has 2 fully saturated rings. The zero-order valence-electron chi connectivity index (χ0n) is 18.5. The Balaban J connectivity index is 1.48. The number of rotatable bonds is 7. The lowest BCUT2D eigenvalue weighted by molar-refractivity contribution is 0.0116. The van der Waals surface area contributed by atoms with Crippen molar-refractivity contribution in [3.63, 3.8) is 0 Å². The van der Waals surface area contributed by atoms with Crippen LogP contribution in [0.1, 0.15) is 28.1 Å². The number of amides is 1. The van der Waals surface area contributed by atoms with Crippen LogP contribution in [0.5, 0.6) is 0 Å². The van der Waals surface area contributed by atoms with Crippen molar-refractivity contribution in [2.45, 2.75) is 17.9 Å². The van der Waals surface area contributed by atoms with Gasteiger partial charge in [-0.2, -0.15) is 4.31 Å². The molecule has 11 heteroatoms. The molecule has 176 valence electrons. The van der Waals surface area contributed by atoms with Gasteiger partial charge in [0.05, 0.1) is 32.5 Å². The van der Waals surface area contributed by atoms with Gasteiger partial charge >= 0.3 is 0 Å². The van der Waals surface area contributed by atoms with Crippen LogP contribution in [0, 0.1) is 6.92 Å². The fraction of sp³-hybridized carbons (Fsp3) is 0.571. The highest BCUT2D eigenvalue weighted by molar-refractivity contribution is 7.89. The molecule has 2 saturated heterocycles. The minimum Gasteiger partial charge on any atom is -0.465 e. The number of sulfonamides is 1. The van der Waals surface area contributed by atoms with E-state index in [0.29, 0.717) is 46.1 Å². The quantitative estimate of drug-likeness (QED) is 0.642. The van der Waals surface area contributed by atoms with Gasteiger partial charge in [0, 0.05) is 46.0 Å². The molecule has 1 unspecified atom stereocenters. The molecule has 0 spiro atoms. The maximum Gasteiger partial charge on any atom is 0.268 e. The first-order chi connectivity index (χ1) is 15.4. The molecule has 2 aromatic rings. The zero-order valence-corrected chi connectivity index (χ0v) is 19.3. The number of hydrogen-bond acceptors (Lipinski definition) is 7. The van der Waals surface area contributed by atoms with E-state index in [0.717, 1.165) is 24.6 Å². The van der Waals surface area contributed by atoms with Crippen molar-refractivity contribution in [2.75, 3.05) is 59.2 Å². The van der Waals surface area contributed by atoms with Crippen LogP contribution in [0.2, 0.25) is 0 Å². The monoisotopic (exact) mass is 466 g/mol. The Kier molecular flexibility index (Phi) is 7.01. The van der Waals surface area contributed by atoms with E-state index in [2.05, 4.69) is 10.2 Å². The Bertz CT molecular complexity index is 1030. The third-order valence-corrected chi connectivity index (χ3v) is 7.72. The summed E-state index contributed by atoms with van der Waals surface area (Å²) in [4.78, 5) is 15.3. The smallest absolute Gasteiger partial charge is 0.268 e. The van der Waals surface area contributed by atoms with E-state index >= 15 is 0 Å². The number of ether oxygens (including phenoxy) is 2. The molecule has 1 amide bonds. The molecule has 4 heterocycles. The lowest BCUT2D eigenvalue weighted by Gasteiger charge is -2.33. The van der Waals surface area contributed by atoms with Gasteiger partial charge in [0.15, 0.2) is 0 Å². The largest absolute Gasteiger partial charge is 0.465 e. The zero-order chi connectivity index (χ0) is 22.7. The first-order valence-electron chi connectivity index (χ1n) is 10.8. The number of hydrogen-bond donors (Lipinski definition) is 1. The summed E-state index contributed by atoms with van der Waals surface area (Å²) < 4.78 is 45.3. The van der Waals surface area contributed by atoms with Crippen LogP contribution in [-0.2, 0) is 26.5 Å². The number of nitrogens with zero attached hydrogens (tertiary/aromatic N) is 3. The predicted octanol–water partition coefficient (Wildman–Crippen LogP) is 0.751. The van der Waals surface area contributed by atoms with E-state index in [-0.39, 0.29) is 22.5 Å². The van der Waals surface area contributed by atoms with Gasteiger partial charge < -0.3 is 23.8 Å². The summed E-state index contributed by atoms with van der Waals surface area (Å²) in [5.74, 6) is 1.26. The highest BCUT2D eigenvalue weighted by Crippen LogP contribution is 2.24. The normalized spacial score (nSPS) is 19.7. The van der Waals surface area contributed by atoms with Crippen LogP contribution in [0.3, 0.4) is 0 Å². The molecular formula is C21H30N4O6S. The highest BCUT2D eigenvalue weighted by atomic mass is 32.2. The Morgan fingerprint density at radius 2 is 1.75 bits per heavy atom. The van der Waals surface area contributed by atoms with Gasteiger partial charge in [0.2, 0.25) is 10.0 Å². The van der Waals surface area contributed by atoms with Crippen LogP contribution < -0.4 is 5.32 Å². The summed E-state index contributed by atoms with van der Waals surface area (Å²) in [7, 11) is -2.00. The van der Waals surface area contributed by atoms with Gasteiger partial charge in [0.1, 0.15) is 22.1 Å². The van der Waals surface area contributed by atoms with Crippen LogP contribution in [-0.4, -0.2) is 87.2 Å². The number of aromatic nitrogens is 1. The van der Waals surface area contributed by atoms with Crippen molar-refractivity contribution in [1.29, 1.82) is 0 Å². The van der Waals surface area contributed by atoms with Gasteiger partial charge in [-0.25, -0.2) is 8.42 Å². The van der Waals surface area contributed by atoms with Crippen molar-refractivity contribution in [3.05, 3.63) is 41.6 Å². The number of aryl methyl sites for hydroxylation is 2. The number of nitrogens with one attached hydrogen (secondary N) is 1. The lowest BCUT2D eigenvalue weighted by atomic mass is 10.1. The van der Waals surface area contributed by atoms with Crippen molar-refractivity contribution >= 4 is 15.9 Å². The van der Waals surface area contributed by atoms with Crippen molar-refractivity contribution in [1.82, 2.24) is 19.1 Å². The van der Waals surface area contributed by atoms with Gasteiger partial charge in [-0.3, -0.25) is 9.69 Å². The lowest BCUT2D eigenvalue weighted by Crippen LogP contribution is -2.43. The maximum absolute atomic E-state index is 13.0. The third-order valence-electron chi connectivity index (χ3n) is 5.85. The minimum absolute atomic E-state index is 0.110. The second kappa shape index (κ2) is 9.75. The van der Waals surface area contributed by atoms with Crippen LogP contribution >= 0.6 is 0 Å². The molecule has 0 aliphatic carbocycles. The number of morpholine rings is 2. The van der Waals surface area contributed by atoms with Crippen molar-refractivity contribution in [3.8, 4) is 0 Å². The number of carbonyl (C=O) groups is 1. The number of furan rings is 1. The van der Waals surface area contributed by atoms with Gasteiger partial charge in [0.25, 0.3) is 5.91 Å². The fourth-order valence-corrected chi connectivity index (χ4v) is 5.53. The third kappa shape index (κ3) is 4.91. The van der Waals surface area contributed by atoms with E-state index in [1.165, 1.54) is 16.6 Å². The molecular weight excluding hydrogens is 436 g/mol. The molecule has 0 saturated carbocycles. The molecule has 10 nitrogen and oxygen atoms in total. The van der Waals surface area contributed by atoms with Crippen LogP contribution in [0.25, 0.3) is 0 Å². The second-order valence-electron chi connectivity index (χ2n) is 8.01. The van der Waals surface area contributed by atoms with E-state index in [1.54, 1.807) is 11.6 Å². The molecule has 0 radical (unpaired) electrons. The average molecular weight is 467 g/mol. The first kappa shape index (κ1) is 23.0. The van der Waals surface area contributed by atoms with E-state index < -0.39 is 10.0 Å². The van der Waals surface area contributed by atoms with E-state index in [4.69, 9.17) is 13.9 Å². The highest BCUT2D eigenvalue weighted by Gasteiger charge is 2.30. The van der Waals surface area contributed by atoms with Gasteiger partial charge in [-0.05, 0) is 25.1 Å². The van der Waals surface area contributed by atoms with Crippen LogP contribution in [0.4, 0.5) is 0 Å². The summed E-state index contributed by atoms with van der Waals surface area (Å²) in [6, 6.07) is 5.14. The topological polar surface area (TPSA) is 106 Å². The predicted molar refractivity (Wildman–Crippen MR) is 116 cm³/mol. The molecule has 2 aliphatic rings. The molecule has 1 atom stereocenters. The standard InChI is InChI=1S/C21H30N4O6S/c1-16-3-4-20(31-16)19(24-5-9-29-10-6-24)14-22-21(26)18-13-17(15-23(18)2)32(27,28)25-7-11-30-12-8-25/h3-4,13,15,19H,5-12,14H2,1-2H3,(H,22,26). The summed E-state index contributed by atoms with van der Waals surface area (Å²) >= 11 is 0. The van der Waals surface area contributed by atoms with E-state index in [1.807, 2.05) is 19.1 Å². The maximum atomic E-state index is 13.0. The molecule has 4 rings (SSSR count). The first-order valence-corrected chi connectivity index (χ1v) is 12.2. The molecule has 32 heavy (non-hydrogen) atoms. The van der Waals surface area contributed by atoms with Crippen molar-refractivity contribution < 1.29 is 27.1 Å². The molecule has 2 aliphatic heterocycles. The SMILES string of the molecule is Cc1ccc(C(CNC(=O)c2cc(S(=O)(=O)N3CCOCC3)cn2C)N2CCOCC2)o1. The summed E-state index contributed by atoms with van der Waals surface area (Å²) in [6.45, 7) is 6.32. The molecule has 2 aromatic heterocycles. The molecule has 0 aromatic carbocycles. The fourth-order valence-electron chi connectivity index (χ4n) is 4.05. The average Bonchev–Trinajstić information content (AvgIpc) is 3.41. The van der Waals surface area contributed by atoms with Gasteiger partial charge in [-0.1, -0.05) is 0 Å². The Labute approximate surface area is 188 Å². The summed E-state index contributed by atoms with van der Waals surface area (Å²) in [5.41, 5.74) is 0.285. The molecule has 1 N–H and O–H groups in total. The Morgan fingerprint density at radius 3 is 2.38 bits per heavy atom. The van der Waals surface area contributed by atoms with Gasteiger partial charge in [-0.15, -0.1) is 0 Å². The van der Waals surface area contributed by atoms with Crippen LogP contribution in [0.15, 0.2) is 33.7 Å². The molecule has 0 bridgehead atoms. The summed E-state index contributed by atoms with van der Waals surface area (Å²) in [5, 5.41) is 2.96. The summed E-state index contributed by atoms with van der Waals surface area (Å²) in [6.07, 6.45) is 1.48. The Hall–Kier alpha value is -2.18. The minimum atomic E-state index is -3.67. The number of carbonyl (C=O) groups excluding carboxylic acids is 1. The second-order valence-corrected chi connectivity index (χ2v) is 9.95. The van der Waals surface area contributed by atoms with Crippen molar-refractivity contribution in [2.24, 2.45) is 7.05 Å². The van der Waals surface area contributed by atoms with E-state index in [9.17, 15) is 13.2 Å². The Morgan fingerprint density at radius 1 is 1.09 bits per heavy atom.